The number of nitrogens with zero attached hydrogens (tertiary/aromatic N) is 1. The third-order valence-electron chi connectivity index (χ3n) is 5.06. The van der Waals surface area contributed by atoms with Crippen LogP contribution in [0.5, 0.6) is 0 Å². The van der Waals surface area contributed by atoms with Gasteiger partial charge in [0.05, 0.1) is 11.6 Å². The molecule has 122 valence electrons. The maximum Gasteiger partial charge on any atom is 0.127 e. The molecule has 0 fully saturated rings. The Balaban J connectivity index is 1.77. The third kappa shape index (κ3) is 2.72. The van der Waals surface area contributed by atoms with Crippen LogP contribution < -0.4 is 0 Å². The average Bonchev–Trinajstić information content (AvgIpc) is 2.67. The van der Waals surface area contributed by atoms with Gasteiger partial charge in [-0.1, -0.05) is 43.3 Å². The van der Waals surface area contributed by atoms with Crippen molar-refractivity contribution >= 4 is 0 Å². The molecule has 2 heteroatoms. The molecular formula is C23H18FN. The summed E-state index contributed by atoms with van der Waals surface area (Å²) in [5.41, 5.74) is 8.38. The van der Waals surface area contributed by atoms with E-state index in [-0.39, 0.29) is 5.82 Å². The monoisotopic (exact) mass is 327 g/mol. The molecule has 0 atom stereocenters. The van der Waals surface area contributed by atoms with Crippen LogP contribution in [0, 0.1) is 17.1 Å². The second-order valence-electron chi connectivity index (χ2n) is 6.52. The molecule has 0 aromatic heterocycles. The van der Waals surface area contributed by atoms with E-state index in [1.165, 1.54) is 11.1 Å². The highest BCUT2D eigenvalue weighted by atomic mass is 19.1. The number of nitriles is 1. The predicted molar refractivity (Wildman–Crippen MR) is 98.8 cm³/mol. The van der Waals surface area contributed by atoms with E-state index in [1.54, 1.807) is 6.07 Å². The Morgan fingerprint density at radius 3 is 2.24 bits per heavy atom. The van der Waals surface area contributed by atoms with E-state index in [1.807, 2.05) is 37.3 Å². The number of benzene rings is 3. The Labute approximate surface area is 147 Å². The Hall–Kier alpha value is -2.92. The number of hydrogen-bond acceptors (Lipinski definition) is 1. The molecular weight excluding hydrogens is 309 g/mol. The fourth-order valence-electron chi connectivity index (χ4n) is 3.65. The standard InChI is InChI=1S/C23H18FN/c1-2-16-11-20-8-7-19-12-18(17-5-3-15(14-25)4-6-17)9-10-21(19)22(20)13-23(16)24/h3-6,9-13H,2,7-8H2,1H3. The first-order valence-electron chi connectivity index (χ1n) is 8.64. The molecule has 3 aromatic carbocycles. The van der Waals surface area contributed by atoms with Gasteiger partial charge in [0.25, 0.3) is 0 Å². The lowest BCUT2D eigenvalue weighted by atomic mass is 9.83. The van der Waals surface area contributed by atoms with Crippen molar-refractivity contribution in [2.24, 2.45) is 0 Å². The molecule has 0 spiro atoms. The zero-order valence-corrected chi connectivity index (χ0v) is 14.1. The highest BCUT2D eigenvalue weighted by Gasteiger charge is 2.19. The molecule has 0 N–H and O–H groups in total. The van der Waals surface area contributed by atoms with Crippen molar-refractivity contribution in [3.63, 3.8) is 0 Å². The first-order chi connectivity index (χ1) is 12.2. The maximum atomic E-state index is 14.3. The van der Waals surface area contributed by atoms with E-state index in [4.69, 9.17) is 5.26 Å². The molecule has 3 aromatic rings. The second-order valence-corrected chi connectivity index (χ2v) is 6.52. The summed E-state index contributed by atoms with van der Waals surface area (Å²) in [6.07, 6.45) is 2.65. The molecule has 0 saturated heterocycles. The Bertz CT molecular complexity index is 994. The topological polar surface area (TPSA) is 23.8 Å². The van der Waals surface area contributed by atoms with Gasteiger partial charge in [0, 0.05) is 0 Å². The van der Waals surface area contributed by atoms with E-state index in [0.29, 0.717) is 5.56 Å². The van der Waals surface area contributed by atoms with Crippen LogP contribution in [0.1, 0.15) is 29.2 Å². The SMILES string of the molecule is CCc1cc2c(cc1F)-c1ccc(-c3ccc(C#N)cc3)cc1CC2. The maximum absolute atomic E-state index is 14.3. The van der Waals surface area contributed by atoms with E-state index < -0.39 is 0 Å². The number of fused-ring (bicyclic) bond motifs is 3. The zero-order chi connectivity index (χ0) is 17.4. The summed E-state index contributed by atoms with van der Waals surface area (Å²) in [4.78, 5) is 0. The van der Waals surface area contributed by atoms with Gasteiger partial charge in [0.1, 0.15) is 5.82 Å². The van der Waals surface area contributed by atoms with Crippen molar-refractivity contribution in [3.05, 3.63) is 82.7 Å². The van der Waals surface area contributed by atoms with Crippen LogP contribution in [-0.2, 0) is 19.3 Å². The van der Waals surface area contributed by atoms with Crippen LogP contribution in [0.2, 0.25) is 0 Å². The van der Waals surface area contributed by atoms with Crippen molar-refractivity contribution in [2.75, 3.05) is 0 Å². The van der Waals surface area contributed by atoms with Crippen molar-refractivity contribution in [2.45, 2.75) is 26.2 Å². The van der Waals surface area contributed by atoms with E-state index in [9.17, 15) is 4.39 Å². The lowest BCUT2D eigenvalue weighted by Crippen LogP contribution is -2.06. The highest BCUT2D eigenvalue weighted by molar-refractivity contribution is 5.77. The van der Waals surface area contributed by atoms with Gasteiger partial charge in [-0.2, -0.15) is 5.26 Å². The van der Waals surface area contributed by atoms with Crippen molar-refractivity contribution in [1.29, 1.82) is 5.26 Å². The first-order valence-corrected chi connectivity index (χ1v) is 8.64. The van der Waals surface area contributed by atoms with Gasteiger partial charge in [-0.25, -0.2) is 4.39 Å². The van der Waals surface area contributed by atoms with Gasteiger partial charge < -0.3 is 0 Å². The summed E-state index contributed by atoms with van der Waals surface area (Å²) >= 11 is 0. The molecule has 1 aliphatic rings. The summed E-state index contributed by atoms with van der Waals surface area (Å²) in [6, 6.07) is 19.9. The van der Waals surface area contributed by atoms with Crippen molar-refractivity contribution in [1.82, 2.24) is 0 Å². The molecule has 0 radical (unpaired) electrons. The quantitative estimate of drug-likeness (QED) is 0.593. The van der Waals surface area contributed by atoms with Crippen LogP contribution in [0.15, 0.2) is 54.6 Å². The average molecular weight is 327 g/mol. The normalized spacial score (nSPS) is 12.2. The molecule has 1 nitrogen and oxygen atoms in total. The van der Waals surface area contributed by atoms with Crippen LogP contribution in [0.3, 0.4) is 0 Å². The van der Waals surface area contributed by atoms with E-state index in [2.05, 4.69) is 24.3 Å². The van der Waals surface area contributed by atoms with Gasteiger partial charge in [0.2, 0.25) is 0 Å². The lowest BCUT2D eigenvalue weighted by molar-refractivity contribution is 0.611. The first kappa shape index (κ1) is 15.6. The predicted octanol–water partition coefficient (Wildman–Crippen LogP) is 5.69. The van der Waals surface area contributed by atoms with E-state index >= 15 is 0 Å². The molecule has 4 rings (SSSR count). The molecule has 0 heterocycles. The number of rotatable bonds is 2. The zero-order valence-electron chi connectivity index (χ0n) is 14.1. The number of hydrogen-bond donors (Lipinski definition) is 0. The van der Waals surface area contributed by atoms with Gasteiger partial charge >= 0.3 is 0 Å². The van der Waals surface area contributed by atoms with Crippen LogP contribution in [0.4, 0.5) is 4.39 Å². The molecule has 1 aliphatic carbocycles. The fourth-order valence-corrected chi connectivity index (χ4v) is 3.65. The Morgan fingerprint density at radius 2 is 1.56 bits per heavy atom. The van der Waals surface area contributed by atoms with Crippen LogP contribution >= 0.6 is 0 Å². The third-order valence-corrected chi connectivity index (χ3v) is 5.06. The van der Waals surface area contributed by atoms with E-state index in [0.717, 1.165) is 47.1 Å². The van der Waals surface area contributed by atoms with Gasteiger partial charge in [-0.15, -0.1) is 0 Å². The minimum atomic E-state index is -0.106. The lowest BCUT2D eigenvalue weighted by Gasteiger charge is -2.22. The minimum Gasteiger partial charge on any atom is -0.207 e. The molecule has 0 amide bonds. The molecule has 0 aliphatic heterocycles. The molecule has 0 unspecified atom stereocenters. The van der Waals surface area contributed by atoms with Gasteiger partial charge in [-0.3, -0.25) is 0 Å². The summed E-state index contributed by atoms with van der Waals surface area (Å²) in [7, 11) is 0. The summed E-state index contributed by atoms with van der Waals surface area (Å²) in [5, 5.41) is 8.93. The van der Waals surface area contributed by atoms with Crippen molar-refractivity contribution < 1.29 is 4.39 Å². The Morgan fingerprint density at radius 1 is 0.880 bits per heavy atom. The minimum absolute atomic E-state index is 0.106. The largest absolute Gasteiger partial charge is 0.207 e. The summed E-state index contributed by atoms with van der Waals surface area (Å²) in [5.74, 6) is -0.106. The number of aryl methyl sites for hydroxylation is 3. The highest BCUT2D eigenvalue weighted by Crippen LogP contribution is 2.37. The molecule has 0 bridgehead atoms. The summed E-state index contributed by atoms with van der Waals surface area (Å²) < 4.78 is 14.3. The Kier molecular flexibility index (Phi) is 3.86. The van der Waals surface area contributed by atoms with Crippen molar-refractivity contribution in [3.8, 4) is 28.3 Å². The summed E-state index contributed by atoms with van der Waals surface area (Å²) in [6.45, 7) is 1.99. The van der Waals surface area contributed by atoms with Crippen LogP contribution in [-0.4, -0.2) is 0 Å². The fraction of sp³-hybridized carbons (Fsp3) is 0.174. The molecule has 0 saturated carbocycles. The van der Waals surface area contributed by atoms with Gasteiger partial charge in [0.15, 0.2) is 0 Å². The second kappa shape index (κ2) is 6.18. The van der Waals surface area contributed by atoms with Crippen LogP contribution in [0.25, 0.3) is 22.3 Å². The van der Waals surface area contributed by atoms with Gasteiger partial charge in [-0.05, 0) is 76.4 Å². The number of halogens is 1. The smallest absolute Gasteiger partial charge is 0.127 e. The molecule has 25 heavy (non-hydrogen) atoms.